The third-order valence-corrected chi connectivity index (χ3v) is 3.68. The van der Waals surface area contributed by atoms with Crippen molar-refractivity contribution in [3.63, 3.8) is 0 Å². The van der Waals surface area contributed by atoms with Gasteiger partial charge in [0.25, 0.3) is 0 Å². The van der Waals surface area contributed by atoms with E-state index in [0.717, 1.165) is 25.7 Å². The first-order chi connectivity index (χ1) is 7.75. The fourth-order valence-corrected chi connectivity index (χ4v) is 3.04. The van der Waals surface area contributed by atoms with Gasteiger partial charge < -0.3 is 9.47 Å². The van der Waals surface area contributed by atoms with Crippen LogP contribution in [-0.2, 0) is 9.47 Å². The van der Waals surface area contributed by atoms with Crippen LogP contribution < -0.4 is 0 Å². The molecule has 17 heavy (non-hydrogen) atoms. The Balaban J connectivity index is 2.60. The van der Waals surface area contributed by atoms with Crippen molar-refractivity contribution in [2.75, 3.05) is 6.79 Å². The SMILES string of the molecule is CC(C)CC1(C)CCC(C)(CC(C)C)OCO1. The van der Waals surface area contributed by atoms with Crippen LogP contribution in [0.2, 0.25) is 0 Å². The van der Waals surface area contributed by atoms with Crippen LogP contribution in [0.15, 0.2) is 0 Å². The van der Waals surface area contributed by atoms with Crippen LogP contribution in [0.5, 0.6) is 0 Å². The average Bonchev–Trinajstić information content (AvgIpc) is 2.24. The van der Waals surface area contributed by atoms with E-state index in [9.17, 15) is 0 Å². The molecule has 0 aromatic carbocycles. The Morgan fingerprint density at radius 3 is 1.47 bits per heavy atom. The summed E-state index contributed by atoms with van der Waals surface area (Å²) in [5.41, 5.74) is 0.00577. The van der Waals surface area contributed by atoms with Crippen molar-refractivity contribution in [3.05, 3.63) is 0 Å². The van der Waals surface area contributed by atoms with E-state index in [-0.39, 0.29) is 11.2 Å². The monoisotopic (exact) mass is 242 g/mol. The fourth-order valence-electron chi connectivity index (χ4n) is 3.04. The fraction of sp³-hybridized carbons (Fsp3) is 1.00. The molecule has 1 rings (SSSR count). The summed E-state index contributed by atoms with van der Waals surface area (Å²) >= 11 is 0. The topological polar surface area (TPSA) is 18.5 Å². The van der Waals surface area contributed by atoms with Gasteiger partial charge in [-0.2, -0.15) is 0 Å². The zero-order valence-electron chi connectivity index (χ0n) is 12.5. The first kappa shape index (κ1) is 15.0. The average molecular weight is 242 g/mol. The first-order valence-electron chi connectivity index (χ1n) is 7.03. The van der Waals surface area contributed by atoms with E-state index in [1.165, 1.54) is 0 Å². The van der Waals surface area contributed by atoms with Crippen LogP contribution >= 0.6 is 0 Å². The molecule has 2 nitrogen and oxygen atoms in total. The Hall–Kier alpha value is -0.0800. The lowest BCUT2D eigenvalue weighted by atomic mass is 9.83. The number of hydrogen-bond acceptors (Lipinski definition) is 2. The maximum atomic E-state index is 5.96. The molecular weight excluding hydrogens is 212 g/mol. The van der Waals surface area contributed by atoms with Gasteiger partial charge in [-0.3, -0.25) is 0 Å². The number of rotatable bonds is 4. The molecule has 0 saturated carbocycles. The van der Waals surface area contributed by atoms with Gasteiger partial charge >= 0.3 is 0 Å². The smallest absolute Gasteiger partial charge is 0.148 e. The minimum Gasteiger partial charge on any atom is -0.349 e. The Kier molecular flexibility index (Phi) is 5.03. The first-order valence-corrected chi connectivity index (χ1v) is 7.03. The molecule has 0 radical (unpaired) electrons. The normalized spacial score (nSPS) is 35.3. The molecule has 0 aromatic heterocycles. The number of ether oxygens (including phenoxy) is 2. The second-order valence-corrected chi connectivity index (χ2v) is 7.00. The largest absolute Gasteiger partial charge is 0.349 e. The highest BCUT2D eigenvalue weighted by atomic mass is 16.7. The summed E-state index contributed by atoms with van der Waals surface area (Å²) in [6, 6.07) is 0. The van der Waals surface area contributed by atoms with Gasteiger partial charge in [0.05, 0.1) is 11.2 Å². The quantitative estimate of drug-likeness (QED) is 0.728. The molecule has 102 valence electrons. The Morgan fingerprint density at radius 2 is 1.18 bits per heavy atom. The Bertz CT molecular complexity index is 213. The summed E-state index contributed by atoms with van der Waals surface area (Å²) in [6.45, 7) is 13.9. The Morgan fingerprint density at radius 1 is 0.824 bits per heavy atom. The summed E-state index contributed by atoms with van der Waals surface area (Å²) in [4.78, 5) is 0. The van der Waals surface area contributed by atoms with Crippen molar-refractivity contribution in [1.29, 1.82) is 0 Å². The van der Waals surface area contributed by atoms with Gasteiger partial charge in [-0.1, -0.05) is 27.7 Å². The van der Waals surface area contributed by atoms with Gasteiger partial charge in [-0.25, -0.2) is 0 Å². The maximum Gasteiger partial charge on any atom is 0.148 e. The van der Waals surface area contributed by atoms with E-state index in [0.29, 0.717) is 18.6 Å². The summed E-state index contributed by atoms with van der Waals surface area (Å²) in [5.74, 6) is 1.35. The molecule has 1 aliphatic heterocycles. The molecule has 0 N–H and O–H groups in total. The molecule has 0 spiro atoms. The molecule has 0 aromatic rings. The van der Waals surface area contributed by atoms with E-state index in [1.54, 1.807) is 0 Å². The van der Waals surface area contributed by atoms with Crippen LogP contribution in [0, 0.1) is 11.8 Å². The van der Waals surface area contributed by atoms with Crippen LogP contribution in [0.4, 0.5) is 0 Å². The van der Waals surface area contributed by atoms with Gasteiger partial charge in [-0.05, 0) is 51.4 Å². The molecule has 2 atom stereocenters. The maximum absolute atomic E-state index is 5.96. The summed E-state index contributed by atoms with van der Waals surface area (Å²) < 4.78 is 11.9. The lowest BCUT2D eigenvalue weighted by molar-refractivity contribution is -0.162. The van der Waals surface area contributed by atoms with Crippen molar-refractivity contribution in [1.82, 2.24) is 0 Å². The second kappa shape index (κ2) is 5.71. The van der Waals surface area contributed by atoms with E-state index in [4.69, 9.17) is 9.47 Å². The molecule has 1 saturated heterocycles. The van der Waals surface area contributed by atoms with Gasteiger partial charge in [0.2, 0.25) is 0 Å². The van der Waals surface area contributed by atoms with Crippen LogP contribution in [-0.4, -0.2) is 18.0 Å². The Labute approximate surface area is 107 Å². The van der Waals surface area contributed by atoms with E-state index in [2.05, 4.69) is 41.5 Å². The standard InChI is InChI=1S/C15H30O2/c1-12(2)9-14(5)7-8-15(6,10-13(3)4)17-11-16-14/h12-13H,7-11H2,1-6H3. The highest BCUT2D eigenvalue weighted by Crippen LogP contribution is 2.36. The number of hydrogen-bond donors (Lipinski definition) is 0. The van der Waals surface area contributed by atoms with Gasteiger partial charge in [0.15, 0.2) is 0 Å². The zero-order valence-corrected chi connectivity index (χ0v) is 12.5. The van der Waals surface area contributed by atoms with Crippen molar-refractivity contribution in [3.8, 4) is 0 Å². The van der Waals surface area contributed by atoms with Crippen LogP contribution in [0.1, 0.15) is 67.2 Å². The highest BCUT2D eigenvalue weighted by Gasteiger charge is 2.36. The molecule has 2 unspecified atom stereocenters. The minimum absolute atomic E-state index is 0.00288. The minimum atomic E-state index is 0.00288. The third kappa shape index (κ3) is 4.97. The molecule has 1 aliphatic rings. The molecule has 0 aliphatic carbocycles. The second-order valence-electron chi connectivity index (χ2n) is 7.00. The van der Waals surface area contributed by atoms with E-state index in [1.807, 2.05) is 0 Å². The third-order valence-electron chi connectivity index (χ3n) is 3.68. The summed E-state index contributed by atoms with van der Waals surface area (Å²) in [5, 5.41) is 0. The molecule has 1 fully saturated rings. The molecule has 1 heterocycles. The van der Waals surface area contributed by atoms with Gasteiger partial charge in [-0.15, -0.1) is 0 Å². The van der Waals surface area contributed by atoms with Crippen molar-refractivity contribution < 1.29 is 9.47 Å². The molecule has 0 bridgehead atoms. The van der Waals surface area contributed by atoms with Crippen LogP contribution in [0.25, 0.3) is 0 Å². The predicted molar refractivity (Wildman–Crippen MR) is 72.0 cm³/mol. The van der Waals surface area contributed by atoms with Crippen molar-refractivity contribution >= 4 is 0 Å². The predicted octanol–water partition coefficient (Wildman–Crippen LogP) is 4.38. The molecule has 2 heteroatoms. The van der Waals surface area contributed by atoms with Crippen molar-refractivity contribution in [2.24, 2.45) is 11.8 Å². The summed E-state index contributed by atoms with van der Waals surface area (Å²) in [7, 11) is 0. The van der Waals surface area contributed by atoms with E-state index >= 15 is 0 Å². The zero-order chi connectivity index (χ0) is 13.1. The lowest BCUT2D eigenvalue weighted by Crippen LogP contribution is -2.31. The lowest BCUT2D eigenvalue weighted by Gasteiger charge is -2.30. The van der Waals surface area contributed by atoms with E-state index < -0.39 is 0 Å². The summed E-state index contributed by atoms with van der Waals surface area (Å²) in [6.07, 6.45) is 4.45. The molecular formula is C15H30O2. The molecule has 0 amide bonds. The van der Waals surface area contributed by atoms with Gasteiger partial charge in [0.1, 0.15) is 6.79 Å². The van der Waals surface area contributed by atoms with Crippen molar-refractivity contribution in [2.45, 2.75) is 78.4 Å². The highest BCUT2D eigenvalue weighted by molar-refractivity contribution is 4.86. The van der Waals surface area contributed by atoms with Gasteiger partial charge in [0, 0.05) is 0 Å². The van der Waals surface area contributed by atoms with Crippen LogP contribution in [0.3, 0.4) is 0 Å².